The van der Waals surface area contributed by atoms with Crippen LogP contribution in [0.3, 0.4) is 0 Å². The summed E-state index contributed by atoms with van der Waals surface area (Å²) in [7, 11) is 0. The van der Waals surface area contributed by atoms with Crippen molar-refractivity contribution in [3.8, 4) is 5.69 Å². The van der Waals surface area contributed by atoms with Crippen LogP contribution in [0.15, 0.2) is 35.4 Å². The summed E-state index contributed by atoms with van der Waals surface area (Å²) in [5, 5.41) is 5.94. The lowest BCUT2D eigenvalue weighted by Gasteiger charge is -2.19. The highest BCUT2D eigenvalue weighted by Crippen LogP contribution is 2.36. The van der Waals surface area contributed by atoms with Gasteiger partial charge in [0.05, 0.1) is 11.4 Å². The average Bonchev–Trinajstić information content (AvgIpc) is 2.67. The molecule has 1 heterocycles. The minimum absolute atomic E-state index is 0.141. The molecule has 0 saturated heterocycles. The van der Waals surface area contributed by atoms with Gasteiger partial charge in [0.1, 0.15) is 5.03 Å². The third-order valence-corrected chi connectivity index (χ3v) is 4.16. The molecule has 2 rings (SSSR count). The van der Waals surface area contributed by atoms with Gasteiger partial charge in [0.15, 0.2) is 0 Å². The minimum atomic E-state index is 0.141. The van der Waals surface area contributed by atoms with Crippen molar-refractivity contribution in [1.29, 1.82) is 0 Å². The van der Waals surface area contributed by atoms with Gasteiger partial charge in [0.2, 0.25) is 0 Å². The van der Waals surface area contributed by atoms with Crippen LogP contribution in [0, 0.1) is 6.92 Å². The Morgan fingerprint density at radius 2 is 1.85 bits per heavy atom. The fraction of sp³-hybridized carbons (Fsp3) is 0.438. The number of nitrogens with zero attached hydrogens (tertiary/aromatic N) is 2. The van der Waals surface area contributed by atoms with Crippen LogP contribution in [0.5, 0.6) is 0 Å². The summed E-state index contributed by atoms with van der Waals surface area (Å²) in [4.78, 5) is 0. The summed E-state index contributed by atoms with van der Waals surface area (Å²) < 4.78 is 2.19. The first-order chi connectivity index (χ1) is 9.42. The summed E-state index contributed by atoms with van der Waals surface area (Å²) in [6.45, 7) is 9.39. The molecule has 4 heteroatoms. The van der Waals surface area contributed by atoms with Gasteiger partial charge in [0, 0.05) is 10.3 Å². The average molecular weight is 289 g/mol. The summed E-state index contributed by atoms with van der Waals surface area (Å²) in [6, 6.07) is 10.3. The molecule has 0 spiro atoms. The number of thioether (sulfide) groups is 1. The van der Waals surface area contributed by atoms with Gasteiger partial charge in [0.25, 0.3) is 0 Å². The summed E-state index contributed by atoms with van der Waals surface area (Å²) in [5.41, 5.74) is 9.22. The van der Waals surface area contributed by atoms with Crippen molar-refractivity contribution in [1.82, 2.24) is 9.78 Å². The largest absolute Gasteiger partial charge is 0.330 e. The van der Waals surface area contributed by atoms with E-state index in [9.17, 15) is 0 Å². The van der Waals surface area contributed by atoms with E-state index in [1.165, 1.54) is 10.6 Å². The Balaban J connectivity index is 2.54. The molecule has 3 nitrogen and oxygen atoms in total. The van der Waals surface area contributed by atoms with E-state index in [0.717, 1.165) is 17.8 Å². The fourth-order valence-electron chi connectivity index (χ4n) is 2.11. The topological polar surface area (TPSA) is 43.8 Å². The van der Waals surface area contributed by atoms with Crippen molar-refractivity contribution in [2.75, 3.05) is 6.54 Å². The zero-order valence-electron chi connectivity index (χ0n) is 12.7. The van der Waals surface area contributed by atoms with Gasteiger partial charge >= 0.3 is 0 Å². The van der Waals surface area contributed by atoms with Crippen molar-refractivity contribution in [2.45, 2.75) is 43.9 Å². The van der Waals surface area contributed by atoms with Crippen LogP contribution < -0.4 is 5.73 Å². The molecule has 1 aromatic heterocycles. The predicted octanol–water partition coefficient (Wildman–Crippen LogP) is 3.57. The van der Waals surface area contributed by atoms with Gasteiger partial charge < -0.3 is 5.73 Å². The Kier molecular flexibility index (Phi) is 4.55. The molecule has 0 aliphatic heterocycles. The quantitative estimate of drug-likeness (QED) is 0.875. The van der Waals surface area contributed by atoms with E-state index in [-0.39, 0.29) is 4.75 Å². The lowest BCUT2D eigenvalue weighted by molar-refractivity contribution is 0.758. The molecule has 2 aromatic rings. The number of nitrogens with two attached hydrogens (primary N) is 1. The first-order valence-corrected chi connectivity index (χ1v) is 7.77. The second-order valence-corrected chi connectivity index (χ2v) is 7.69. The Labute approximate surface area is 125 Å². The van der Waals surface area contributed by atoms with E-state index in [2.05, 4.69) is 44.5 Å². The molecule has 0 amide bonds. The summed E-state index contributed by atoms with van der Waals surface area (Å²) >= 11 is 1.85. The van der Waals surface area contributed by atoms with Crippen LogP contribution in [-0.2, 0) is 6.42 Å². The molecular weight excluding hydrogens is 266 g/mol. The fourth-order valence-corrected chi connectivity index (χ4v) is 3.30. The van der Waals surface area contributed by atoms with E-state index in [4.69, 9.17) is 10.8 Å². The van der Waals surface area contributed by atoms with Crippen molar-refractivity contribution in [2.24, 2.45) is 5.73 Å². The van der Waals surface area contributed by atoms with Crippen LogP contribution in [0.1, 0.15) is 32.0 Å². The molecule has 0 bridgehead atoms. The first-order valence-electron chi connectivity index (χ1n) is 6.95. The number of aromatic nitrogens is 2. The zero-order valence-corrected chi connectivity index (χ0v) is 13.5. The smallest absolute Gasteiger partial charge is 0.104 e. The Morgan fingerprint density at radius 3 is 2.40 bits per heavy atom. The van der Waals surface area contributed by atoms with E-state index in [0.29, 0.717) is 6.54 Å². The number of para-hydroxylation sites is 1. The van der Waals surface area contributed by atoms with Crippen molar-refractivity contribution in [3.63, 3.8) is 0 Å². The SMILES string of the molecule is Cc1nn(-c2ccccc2)c(SC(C)(C)C)c1CCN. The maximum Gasteiger partial charge on any atom is 0.104 e. The van der Waals surface area contributed by atoms with Crippen molar-refractivity contribution in [3.05, 3.63) is 41.6 Å². The second kappa shape index (κ2) is 6.02. The predicted molar refractivity (Wildman–Crippen MR) is 86.7 cm³/mol. The number of aryl methyl sites for hydroxylation is 1. The van der Waals surface area contributed by atoms with E-state index >= 15 is 0 Å². The third-order valence-electron chi connectivity index (χ3n) is 2.94. The molecule has 0 aliphatic rings. The molecular formula is C16H23N3S. The van der Waals surface area contributed by atoms with Crippen LogP contribution in [0.2, 0.25) is 0 Å². The molecule has 108 valence electrons. The molecule has 20 heavy (non-hydrogen) atoms. The van der Waals surface area contributed by atoms with E-state index in [1.54, 1.807) is 0 Å². The van der Waals surface area contributed by atoms with Crippen molar-refractivity contribution >= 4 is 11.8 Å². The first kappa shape index (κ1) is 15.1. The van der Waals surface area contributed by atoms with Crippen LogP contribution in [0.4, 0.5) is 0 Å². The monoisotopic (exact) mass is 289 g/mol. The van der Waals surface area contributed by atoms with Crippen LogP contribution in [-0.4, -0.2) is 21.1 Å². The molecule has 0 fully saturated rings. The molecule has 2 N–H and O–H groups in total. The summed E-state index contributed by atoms with van der Waals surface area (Å²) in [5.74, 6) is 0. The highest BCUT2D eigenvalue weighted by molar-refractivity contribution is 8.00. The Hall–Kier alpha value is -1.26. The number of hydrogen-bond donors (Lipinski definition) is 1. The van der Waals surface area contributed by atoms with Gasteiger partial charge in [-0.15, -0.1) is 11.8 Å². The minimum Gasteiger partial charge on any atom is -0.330 e. The third kappa shape index (κ3) is 3.44. The number of rotatable bonds is 4. The molecule has 0 aliphatic carbocycles. The standard InChI is InChI=1S/C16H23N3S/c1-12-14(10-11-17)15(20-16(2,3)4)19(18-12)13-8-6-5-7-9-13/h5-9H,10-11,17H2,1-4H3. The van der Waals surface area contributed by atoms with Gasteiger partial charge in [-0.2, -0.15) is 5.10 Å². The highest BCUT2D eigenvalue weighted by atomic mass is 32.2. The Bertz CT molecular complexity index is 567. The molecule has 1 aromatic carbocycles. The maximum atomic E-state index is 5.76. The normalized spacial score (nSPS) is 11.8. The molecule has 0 saturated carbocycles. The lowest BCUT2D eigenvalue weighted by Crippen LogP contribution is -2.11. The number of hydrogen-bond acceptors (Lipinski definition) is 3. The molecule has 0 radical (unpaired) electrons. The van der Waals surface area contributed by atoms with Gasteiger partial charge in [-0.3, -0.25) is 0 Å². The van der Waals surface area contributed by atoms with E-state index < -0.39 is 0 Å². The zero-order chi connectivity index (χ0) is 14.8. The maximum absolute atomic E-state index is 5.76. The molecule has 0 unspecified atom stereocenters. The number of benzene rings is 1. The van der Waals surface area contributed by atoms with E-state index in [1.807, 2.05) is 30.0 Å². The van der Waals surface area contributed by atoms with Gasteiger partial charge in [-0.1, -0.05) is 39.0 Å². The van der Waals surface area contributed by atoms with Gasteiger partial charge in [-0.25, -0.2) is 4.68 Å². The lowest BCUT2D eigenvalue weighted by atomic mass is 10.2. The van der Waals surface area contributed by atoms with Crippen LogP contribution >= 0.6 is 11.8 Å². The van der Waals surface area contributed by atoms with Crippen LogP contribution in [0.25, 0.3) is 5.69 Å². The second-order valence-electron chi connectivity index (χ2n) is 5.87. The Morgan fingerprint density at radius 1 is 1.20 bits per heavy atom. The van der Waals surface area contributed by atoms with Gasteiger partial charge in [-0.05, 0) is 32.0 Å². The highest BCUT2D eigenvalue weighted by Gasteiger charge is 2.22. The van der Waals surface area contributed by atoms with Crippen molar-refractivity contribution < 1.29 is 0 Å². The summed E-state index contributed by atoms with van der Waals surface area (Å²) in [6.07, 6.45) is 0.872. The molecule has 0 atom stereocenters.